The van der Waals surface area contributed by atoms with Crippen molar-refractivity contribution in [2.24, 2.45) is 0 Å². The minimum atomic E-state index is -4.64. The van der Waals surface area contributed by atoms with Crippen molar-refractivity contribution < 1.29 is 22.3 Å². The van der Waals surface area contributed by atoms with Crippen molar-refractivity contribution in [3.63, 3.8) is 0 Å². The molecule has 1 aliphatic heterocycles. The van der Waals surface area contributed by atoms with Crippen LogP contribution in [0.4, 0.5) is 23.4 Å². The number of hydrogen-bond acceptors (Lipinski definition) is 5. The van der Waals surface area contributed by atoms with E-state index in [-0.39, 0.29) is 17.5 Å². The largest absolute Gasteiger partial charge is 0.491 e. The van der Waals surface area contributed by atoms with E-state index in [0.29, 0.717) is 29.2 Å². The van der Waals surface area contributed by atoms with Crippen LogP contribution in [0.2, 0.25) is 0 Å². The third-order valence-electron chi connectivity index (χ3n) is 4.43. The van der Waals surface area contributed by atoms with Crippen LogP contribution < -0.4 is 9.64 Å². The van der Waals surface area contributed by atoms with E-state index in [4.69, 9.17) is 4.74 Å². The van der Waals surface area contributed by atoms with Crippen LogP contribution in [0.5, 0.6) is 5.75 Å². The molecule has 0 spiro atoms. The molecule has 142 valence electrons. The topological polar surface area (TPSA) is 55.5 Å². The highest BCUT2D eigenvalue weighted by molar-refractivity contribution is 5.47. The monoisotopic (exact) mass is 381 g/mol. The lowest BCUT2D eigenvalue weighted by Gasteiger charge is -2.25. The fraction of sp³-hybridized carbons (Fsp3) is 0.353. The van der Waals surface area contributed by atoms with E-state index in [1.54, 1.807) is 6.07 Å². The fourth-order valence-electron chi connectivity index (χ4n) is 3.14. The first-order valence-electron chi connectivity index (χ1n) is 8.36. The van der Waals surface area contributed by atoms with Crippen LogP contribution in [0.1, 0.15) is 18.7 Å². The number of anilines is 1. The molecule has 0 amide bonds. The Bertz CT molecular complexity index is 941. The van der Waals surface area contributed by atoms with E-state index < -0.39 is 12.0 Å². The maximum absolute atomic E-state index is 13.0. The zero-order valence-corrected chi connectivity index (χ0v) is 14.0. The first-order valence-corrected chi connectivity index (χ1v) is 8.36. The number of rotatable bonds is 4. The van der Waals surface area contributed by atoms with Crippen molar-refractivity contribution in [3.05, 3.63) is 48.0 Å². The summed E-state index contributed by atoms with van der Waals surface area (Å²) in [5.41, 5.74) is 0.0318. The van der Waals surface area contributed by atoms with Crippen molar-refractivity contribution in [2.75, 3.05) is 18.1 Å². The Morgan fingerprint density at radius 2 is 1.85 bits per heavy atom. The number of aromatic nitrogens is 4. The molecule has 4 rings (SSSR count). The summed E-state index contributed by atoms with van der Waals surface area (Å²) in [5, 5.41) is 10.8. The van der Waals surface area contributed by atoms with Crippen molar-refractivity contribution in [3.8, 4) is 5.75 Å². The Labute approximate surface area is 151 Å². The van der Waals surface area contributed by atoms with E-state index in [0.717, 1.165) is 12.8 Å². The highest BCUT2D eigenvalue weighted by Gasteiger charge is 2.38. The third-order valence-corrected chi connectivity index (χ3v) is 4.43. The molecule has 3 aromatic rings. The SMILES string of the molecule is Fc1ccc(OCC2CCCN2c2ccc3nnc(C(F)(F)F)n3n2)cc1. The summed E-state index contributed by atoms with van der Waals surface area (Å²) in [5.74, 6) is -0.572. The van der Waals surface area contributed by atoms with Gasteiger partial charge in [0.05, 0.1) is 6.04 Å². The second-order valence-corrected chi connectivity index (χ2v) is 6.24. The van der Waals surface area contributed by atoms with Gasteiger partial charge in [-0.05, 0) is 49.2 Å². The van der Waals surface area contributed by atoms with E-state index >= 15 is 0 Å². The molecule has 1 unspecified atom stereocenters. The van der Waals surface area contributed by atoms with E-state index in [9.17, 15) is 17.6 Å². The Balaban J connectivity index is 1.55. The summed E-state index contributed by atoms with van der Waals surface area (Å²) in [4.78, 5) is 1.91. The molecule has 1 saturated heterocycles. The zero-order valence-electron chi connectivity index (χ0n) is 14.0. The van der Waals surface area contributed by atoms with Crippen LogP contribution in [-0.2, 0) is 6.18 Å². The number of nitrogens with zero attached hydrogens (tertiary/aromatic N) is 5. The zero-order chi connectivity index (χ0) is 19.0. The molecule has 27 heavy (non-hydrogen) atoms. The van der Waals surface area contributed by atoms with Crippen molar-refractivity contribution >= 4 is 11.5 Å². The van der Waals surface area contributed by atoms with Gasteiger partial charge in [-0.2, -0.15) is 17.7 Å². The van der Waals surface area contributed by atoms with Gasteiger partial charge in [-0.1, -0.05) is 0 Å². The molecule has 1 fully saturated rings. The first-order chi connectivity index (χ1) is 12.9. The molecule has 3 heterocycles. The van der Waals surface area contributed by atoms with Crippen molar-refractivity contribution in [2.45, 2.75) is 25.1 Å². The van der Waals surface area contributed by atoms with Crippen LogP contribution in [0.15, 0.2) is 36.4 Å². The second kappa shape index (κ2) is 6.67. The average molecular weight is 381 g/mol. The number of halogens is 4. The summed E-state index contributed by atoms with van der Waals surface area (Å²) in [7, 11) is 0. The van der Waals surface area contributed by atoms with Gasteiger partial charge >= 0.3 is 6.18 Å². The lowest BCUT2D eigenvalue weighted by atomic mass is 10.2. The number of alkyl halides is 3. The molecule has 0 saturated carbocycles. The van der Waals surface area contributed by atoms with E-state index in [1.807, 2.05) is 4.90 Å². The lowest BCUT2D eigenvalue weighted by molar-refractivity contribution is -0.146. The van der Waals surface area contributed by atoms with Crippen LogP contribution in [0.25, 0.3) is 5.65 Å². The molecule has 6 nitrogen and oxygen atoms in total. The molecule has 0 radical (unpaired) electrons. The molecule has 10 heteroatoms. The highest BCUT2D eigenvalue weighted by Crippen LogP contribution is 2.29. The standard InChI is InChI=1S/C17H15F4N5O/c18-11-3-5-13(6-4-11)27-10-12-2-1-9-25(12)15-8-7-14-22-23-16(17(19,20)21)26(14)24-15/h3-8,12H,1-2,9-10H2. The van der Waals surface area contributed by atoms with Crippen LogP contribution in [-0.4, -0.2) is 39.0 Å². The number of benzene rings is 1. The van der Waals surface area contributed by atoms with Crippen LogP contribution in [0.3, 0.4) is 0 Å². The summed E-state index contributed by atoms with van der Waals surface area (Å²) < 4.78 is 58.5. The van der Waals surface area contributed by atoms with Gasteiger partial charge in [0.15, 0.2) is 5.65 Å². The predicted octanol–water partition coefficient (Wildman–Crippen LogP) is 3.33. The molecular weight excluding hydrogens is 366 g/mol. The van der Waals surface area contributed by atoms with Gasteiger partial charge < -0.3 is 9.64 Å². The fourth-order valence-corrected chi connectivity index (χ4v) is 3.14. The minimum absolute atomic E-state index is 0.0318. The summed E-state index contributed by atoms with van der Waals surface area (Å²) in [6.45, 7) is 0.971. The Kier molecular flexibility index (Phi) is 4.33. The number of fused-ring (bicyclic) bond motifs is 1. The van der Waals surface area contributed by atoms with E-state index in [1.165, 1.54) is 30.3 Å². The van der Waals surface area contributed by atoms with Crippen molar-refractivity contribution in [1.29, 1.82) is 0 Å². The Morgan fingerprint density at radius 1 is 1.07 bits per heavy atom. The van der Waals surface area contributed by atoms with Gasteiger partial charge in [-0.3, -0.25) is 0 Å². The summed E-state index contributed by atoms with van der Waals surface area (Å²) in [6, 6.07) is 8.72. The smallest absolute Gasteiger partial charge is 0.453 e. The molecule has 1 aliphatic rings. The maximum Gasteiger partial charge on any atom is 0.453 e. The van der Waals surface area contributed by atoms with Gasteiger partial charge in [0.25, 0.3) is 5.82 Å². The highest BCUT2D eigenvalue weighted by atomic mass is 19.4. The van der Waals surface area contributed by atoms with Gasteiger partial charge in [0.2, 0.25) is 0 Å². The Morgan fingerprint density at radius 3 is 2.59 bits per heavy atom. The van der Waals surface area contributed by atoms with Crippen molar-refractivity contribution in [1.82, 2.24) is 19.8 Å². The minimum Gasteiger partial charge on any atom is -0.491 e. The average Bonchev–Trinajstić information content (AvgIpc) is 3.27. The van der Waals surface area contributed by atoms with Gasteiger partial charge in [-0.15, -0.1) is 15.3 Å². The molecular formula is C17H15F4N5O. The second-order valence-electron chi connectivity index (χ2n) is 6.24. The van der Waals surface area contributed by atoms with Gasteiger partial charge in [0.1, 0.15) is 24.0 Å². The lowest BCUT2D eigenvalue weighted by Crippen LogP contribution is -2.35. The summed E-state index contributed by atoms with van der Waals surface area (Å²) >= 11 is 0. The molecule has 0 N–H and O–H groups in total. The molecule has 0 bridgehead atoms. The normalized spacial score (nSPS) is 17.6. The number of hydrogen-bond donors (Lipinski definition) is 0. The van der Waals surface area contributed by atoms with Crippen LogP contribution >= 0.6 is 0 Å². The van der Waals surface area contributed by atoms with Gasteiger partial charge in [0, 0.05) is 6.54 Å². The quantitative estimate of drug-likeness (QED) is 0.649. The number of ether oxygens (including phenoxy) is 1. The molecule has 0 aliphatic carbocycles. The van der Waals surface area contributed by atoms with Gasteiger partial charge in [-0.25, -0.2) is 4.39 Å². The molecule has 1 atom stereocenters. The predicted molar refractivity (Wildman–Crippen MR) is 88.0 cm³/mol. The third kappa shape index (κ3) is 3.51. The van der Waals surface area contributed by atoms with Crippen LogP contribution in [0, 0.1) is 5.82 Å². The van der Waals surface area contributed by atoms with E-state index in [2.05, 4.69) is 15.3 Å². The summed E-state index contributed by atoms with van der Waals surface area (Å²) in [6.07, 6.45) is -2.96. The molecule has 2 aromatic heterocycles. The first kappa shape index (κ1) is 17.5. The molecule has 1 aromatic carbocycles. The Hall–Kier alpha value is -2.91. The maximum atomic E-state index is 13.0.